The maximum Gasteiger partial charge on any atom is 0.314 e. The molecular weight excluding hydrogens is 406 g/mol. The SMILES string of the molecule is CCc1ccc(OC(=O)C2CCN(S(=O)(=O)c3ccc4c(c3)OCCO4)CC2)cc1. The normalized spacial score (nSPS) is 17.5. The summed E-state index contributed by atoms with van der Waals surface area (Å²) in [6.07, 6.45) is 1.77. The lowest BCUT2D eigenvalue weighted by atomic mass is 9.98. The fraction of sp³-hybridized carbons (Fsp3) is 0.409. The average molecular weight is 432 g/mol. The van der Waals surface area contributed by atoms with Crippen LogP contribution in [0.5, 0.6) is 17.2 Å². The van der Waals surface area contributed by atoms with Crippen molar-refractivity contribution in [3.63, 3.8) is 0 Å². The minimum atomic E-state index is -3.67. The first-order chi connectivity index (χ1) is 14.5. The molecule has 0 radical (unpaired) electrons. The van der Waals surface area contributed by atoms with Crippen molar-refractivity contribution >= 4 is 16.0 Å². The van der Waals surface area contributed by atoms with Crippen LogP contribution >= 0.6 is 0 Å². The van der Waals surface area contributed by atoms with Gasteiger partial charge >= 0.3 is 5.97 Å². The molecule has 0 saturated carbocycles. The van der Waals surface area contributed by atoms with Crippen LogP contribution in [0.3, 0.4) is 0 Å². The molecule has 0 spiro atoms. The van der Waals surface area contributed by atoms with E-state index in [1.807, 2.05) is 12.1 Å². The number of carbonyl (C=O) groups excluding carboxylic acids is 1. The van der Waals surface area contributed by atoms with Crippen LogP contribution in [-0.4, -0.2) is 45.0 Å². The van der Waals surface area contributed by atoms with Gasteiger partial charge in [-0.25, -0.2) is 8.42 Å². The maximum atomic E-state index is 13.0. The molecule has 0 N–H and O–H groups in total. The summed E-state index contributed by atoms with van der Waals surface area (Å²) in [5.41, 5.74) is 1.17. The van der Waals surface area contributed by atoms with Crippen LogP contribution in [0.15, 0.2) is 47.4 Å². The third-order valence-electron chi connectivity index (χ3n) is 5.49. The number of sulfonamides is 1. The van der Waals surface area contributed by atoms with Crippen molar-refractivity contribution in [2.75, 3.05) is 26.3 Å². The Labute approximate surface area is 176 Å². The molecule has 0 aromatic heterocycles. The predicted molar refractivity (Wildman–Crippen MR) is 110 cm³/mol. The molecule has 30 heavy (non-hydrogen) atoms. The van der Waals surface area contributed by atoms with Crippen LogP contribution in [0.2, 0.25) is 0 Å². The van der Waals surface area contributed by atoms with Crippen molar-refractivity contribution in [3.05, 3.63) is 48.0 Å². The Morgan fingerprint density at radius 1 is 1.03 bits per heavy atom. The fourth-order valence-corrected chi connectivity index (χ4v) is 5.14. The van der Waals surface area contributed by atoms with Gasteiger partial charge < -0.3 is 14.2 Å². The summed E-state index contributed by atoms with van der Waals surface area (Å²) >= 11 is 0. The molecule has 8 heteroatoms. The van der Waals surface area contributed by atoms with Crippen molar-refractivity contribution in [2.24, 2.45) is 5.92 Å². The third-order valence-corrected chi connectivity index (χ3v) is 7.38. The fourth-order valence-electron chi connectivity index (χ4n) is 3.66. The van der Waals surface area contributed by atoms with Crippen LogP contribution in [0.1, 0.15) is 25.3 Å². The number of fused-ring (bicyclic) bond motifs is 1. The van der Waals surface area contributed by atoms with E-state index < -0.39 is 10.0 Å². The molecule has 0 atom stereocenters. The number of nitrogens with zero attached hydrogens (tertiary/aromatic N) is 1. The average Bonchev–Trinajstić information content (AvgIpc) is 2.79. The van der Waals surface area contributed by atoms with Gasteiger partial charge in [0.1, 0.15) is 19.0 Å². The lowest BCUT2D eigenvalue weighted by Gasteiger charge is -2.30. The predicted octanol–water partition coefficient (Wildman–Crippen LogP) is 3.03. The molecule has 0 aliphatic carbocycles. The Morgan fingerprint density at radius 3 is 2.37 bits per heavy atom. The molecule has 2 heterocycles. The summed E-state index contributed by atoms with van der Waals surface area (Å²) in [5, 5.41) is 0. The van der Waals surface area contributed by atoms with Crippen LogP contribution in [0, 0.1) is 5.92 Å². The van der Waals surface area contributed by atoms with Gasteiger partial charge in [-0.3, -0.25) is 4.79 Å². The van der Waals surface area contributed by atoms with Crippen molar-refractivity contribution in [1.82, 2.24) is 4.31 Å². The monoisotopic (exact) mass is 431 g/mol. The molecule has 4 rings (SSSR count). The second-order valence-electron chi connectivity index (χ2n) is 7.40. The van der Waals surface area contributed by atoms with E-state index in [4.69, 9.17) is 14.2 Å². The quantitative estimate of drug-likeness (QED) is 0.535. The minimum absolute atomic E-state index is 0.170. The summed E-state index contributed by atoms with van der Waals surface area (Å²) in [5.74, 6) is 0.880. The van der Waals surface area contributed by atoms with Gasteiger partial charge in [0.15, 0.2) is 11.5 Å². The van der Waals surface area contributed by atoms with Gasteiger partial charge in [0.2, 0.25) is 10.0 Å². The Kier molecular flexibility index (Phi) is 5.97. The zero-order chi connectivity index (χ0) is 21.1. The molecule has 160 valence electrons. The molecule has 1 saturated heterocycles. The summed E-state index contributed by atoms with van der Waals surface area (Å²) in [7, 11) is -3.67. The first kappa shape index (κ1) is 20.7. The van der Waals surface area contributed by atoms with E-state index in [-0.39, 0.29) is 29.9 Å². The first-order valence-electron chi connectivity index (χ1n) is 10.2. The molecule has 2 aliphatic heterocycles. The smallest absolute Gasteiger partial charge is 0.314 e. The van der Waals surface area contributed by atoms with Crippen molar-refractivity contribution in [1.29, 1.82) is 0 Å². The van der Waals surface area contributed by atoms with Gasteiger partial charge in [-0.1, -0.05) is 19.1 Å². The number of ether oxygens (including phenoxy) is 3. The molecule has 7 nitrogen and oxygen atoms in total. The standard InChI is InChI=1S/C22H25NO6S/c1-2-16-3-5-18(6-4-16)29-22(24)17-9-11-23(12-10-17)30(25,26)19-7-8-20-21(15-19)28-14-13-27-20/h3-8,15,17H,2,9-14H2,1H3. The highest BCUT2D eigenvalue weighted by molar-refractivity contribution is 7.89. The third kappa shape index (κ3) is 4.29. The highest BCUT2D eigenvalue weighted by Gasteiger charge is 2.33. The lowest BCUT2D eigenvalue weighted by molar-refractivity contribution is -0.140. The second kappa shape index (κ2) is 8.65. The number of benzene rings is 2. The number of rotatable bonds is 5. The van der Waals surface area contributed by atoms with E-state index in [0.717, 1.165) is 6.42 Å². The van der Waals surface area contributed by atoms with E-state index in [1.165, 1.54) is 22.0 Å². The molecule has 2 aliphatic rings. The van der Waals surface area contributed by atoms with Crippen LogP contribution < -0.4 is 14.2 Å². The van der Waals surface area contributed by atoms with Gasteiger partial charge in [-0.15, -0.1) is 0 Å². The Bertz CT molecular complexity index is 1010. The van der Waals surface area contributed by atoms with Gasteiger partial charge in [-0.05, 0) is 49.1 Å². The van der Waals surface area contributed by atoms with Gasteiger partial charge in [-0.2, -0.15) is 4.31 Å². The van der Waals surface area contributed by atoms with Crippen molar-refractivity contribution in [2.45, 2.75) is 31.1 Å². The number of carbonyl (C=O) groups is 1. The van der Waals surface area contributed by atoms with Crippen molar-refractivity contribution in [3.8, 4) is 17.2 Å². The Hall–Kier alpha value is -2.58. The lowest BCUT2D eigenvalue weighted by Crippen LogP contribution is -2.41. The number of hydrogen-bond donors (Lipinski definition) is 0. The summed E-state index contributed by atoms with van der Waals surface area (Å²) in [6.45, 7) is 3.45. The topological polar surface area (TPSA) is 82.1 Å². The molecule has 0 bridgehead atoms. The first-order valence-corrected chi connectivity index (χ1v) is 11.6. The molecule has 2 aromatic rings. The van der Waals surface area contributed by atoms with Crippen LogP contribution in [0.4, 0.5) is 0 Å². The largest absolute Gasteiger partial charge is 0.486 e. The number of piperidine rings is 1. The van der Waals surface area contributed by atoms with E-state index in [1.54, 1.807) is 18.2 Å². The molecular formula is C22H25NO6S. The second-order valence-corrected chi connectivity index (χ2v) is 9.34. The van der Waals surface area contributed by atoms with Crippen molar-refractivity contribution < 1.29 is 27.4 Å². The van der Waals surface area contributed by atoms with Gasteiger partial charge in [0, 0.05) is 19.2 Å². The minimum Gasteiger partial charge on any atom is -0.486 e. The van der Waals surface area contributed by atoms with E-state index in [0.29, 0.717) is 43.3 Å². The summed E-state index contributed by atoms with van der Waals surface area (Å²) in [4.78, 5) is 12.7. The highest BCUT2D eigenvalue weighted by Crippen LogP contribution is 2.34. The zero-order valence-electron chi connectivity index (χ0n) is 16.9. The van der Waals surface area contributed by atoms with E-state index >= 15 is 0 Å². The van der Waals surface area contributed by atoms with Crippen LogP contribution in [0.25, 0.3) is 0 Å². The number of aryl methyl sites for hydroxylation is 1. The molecule has 2 aromatic carbocycles. The molecule has 0 unspecified atom stereocenters. The van der Waals surface area contributed by atoms with E-state index in [9.17, 15) is 13.2 Å². The summed E-state index contributed by atoms with van der Waals surface area (Å²) in [6, 6.07) is 12.1. The summed E-state index contributed by atoms with van der Waals surface area (Å²) < 4.78 is 43.9. The molecule has 0 amide bonds. The number of hydrogen-bond acceptors (Lipinski definition) is 6. The number of esters is 1. The zero-order valence-corrected chi connectivity index (χ0v) is 17.7. The maximum absolute atomic E-state index is 13.0. The Morgan fingerprint density at radius 2 is 1.70 bits per heavy atom. The van der Waals surface area contributed by atoms with Gasteiger partial charge in [0.25, 0.3) is 0 Å². The molecule has 1 fully saturated rings. The Balaban J connectivity index is 1.38. The van der Waals surface area contributed by atoms with Gasteiger partial charge in [0.05, 0.1) is 10.8 Å². The van der Waals surface area contributed by atoms with E-state index in [2.05, 4.69) is 6.92 Å². The van der Waals surface area contributed by atoms with Crippen LogP contribution in [-0.2, 0) is 21.2 Å². The highest BCUT2D eigenvalue weighted by atomic mass is 32.2.